The lowest BCUT2D eigenvalue weighted by Gasteiger charge is -2.24. The van der Waals surface area contributed by atoms with Crippen molar-refractivity contribution in [1.82, 2.24) is 4.90 Å². The molecule has 1 amide bonds. The van der Waals surface area contributed by atoms with Crippen LogP contribution in [0.2, 0.25) is 0 Å². The quantitative estimate of drug-likeness (QED) is 0.935. The maximum Gasteiger partial charge on any atom is 0.257 e. The molecule has 4 nitrogen and oxygen atoms in total. The van der Waals surface area contributed by atoms with Crippen molar-refractivity contribution in [2.45, 2.75) is 26.3 Å². The molecule has 2 aromatic rings. The van der Waals surface area contributed by atoms with Crippen molar-refractivity contribution in [3.05, 3.63) is 59.2 Å². The summed E-state index contributed by atoms with van der Waals surface area (Å²) in [6, 6.07) is 13.4. The van der Waals surface area contributed by atoms with Crippen LogP contribution in [0.15, 0.2) is 42.5 Å². The molecule has 1 N–H and O–H groups in total. The van der Waals surface area contributed by atoms with Crippen molar-refractivity contribution in [1.29, 1.82) is 0 Å². The molecule has 1 heterocycles. The van der Waals surface area contributed by atoms with E-state index in [1.54, 1.807) is 30.1 Å². The first kappa shape index (κ1) is 16.4. The number of rotatable bonds is 4. The van der Waals surface area contributed by atoms with Crippen molar-refractivity contribution >= 4 is 11.6 Å². The van der Waals surface area contributed by atoms with Gasteiger partial charge in [-0.3, -0.25) is 4.79 Å². The highest BCUT2D eigenvalue weighted by Gasteiger charge is 2.20. The fourth-order valence-electron chi connectivity index (χ4n) is 3.27. The Bertz CT molecular complexity index is 736. The summed E-state index contributed by atoms with van der Waals surface area (Å²) < 4.78 is 0. The summed E-state index contributed by atoms with van der Waals surface area (Å²) in [5.74, 6) is -0.127. The summed E-state index contributed by atoms with van der Waals surface area (Å²) in [6.07, 6.45) is 2.44. The van der Waals surface area contributed by atoms with Crippen LogP contribution in [-0.4, -0.2) is 36.1 Å². The summed E-state index contributed by atoms with van der Waals surface area (Å²) in [6.45, 7) is 4.60. The molecule has 0 aliphatic carbocycles. The van der Waals surface area contributed by atoms with Crippen molar-refractivity contribution in [3.63, 3.8) is 0 Å². The molecule has 2 aromatic carbocycles. The van der Waals surface area contributed by atoms with E-state index in [1.807, 2.05) is 19.1 Å². The van der Waals surface area contributed by atoms with Gasteiger partial charge in [0.05, 0.1) is 5.56 Å². The van der Waals surface area contributed by atoms with Gasteiger partial charge in [0.2, 0.25) is 0 Å². The van der Waals surface area contributed by atoms with E-state index in [1.165, 1.54) is 18.5 Å². The van der Waals surface area contributed by atoms with Crippen LogP contribution in [0.1, 0.15) is 34.3 Å². The molecule has 0 saturated carbocycles. The van der Waals surface area contributed by atoms with E-state index < -0.39 is 0 Å². The van der Waals surface area contributed by atoms with Gasteiger partial charge in [0.15, 0.2) is 0 Å². The molecule has 3 rings (SSSR count). The number of aryl methyl sites for hydroxylation is 1. The lowest BCUT2D eigenvalue weighted by molar-refractivity contribution is 0.0782. The first-order valence-electron chi connectivity index (χ1n) is 8.44. The molecular weight excluding hydrogens is 300 g/mol. The number of anilines is 1. The molecule has 0 bridgehead atoms. The van der Waals surface area contributed by atoms with E-state index in [2.05, 4.69) is 17.0 Å². The van der Waals surface area contributed by atoms with Gasteiger partial charge in [0.1, 0.15) is 5.75 Å². The Hall–Kier alpha value is -2.49. The topological polar surface area (TPSA) is 43.8 Å². The first-order valence-corrected chi connectivity index (χ1v) is 8.44. The Morgan fingerprint density at radius 1 is 1.17 bits per heavy atom. The summed E-state index contributed by atoms with van der Waals surface area (Å²) in [4.78, 5) is 16.8. The van der Waals surface area contributed by atoms with Gasteiger partial charge in [-0.1, -0.05) is 29.8 Å². The van der Waals surface area contributed by atoms with E-state index in [0.717, 1.165) is 24.2 Å². The second-order valence-electron chi connectivity index (χ2n) is 6.50. The van der Waals surface area contributed by atoms with Gasteiger partial charge >= 0.3 is 0 Å². The SMILES string of the molecule is Cc1ccc(O)c(C(=O)N(C)Cc2ccccc2N2CCCC2)c1. The number of phenols is 1. The zero-order chi connectivity index (χ0) is 17.1. The van der Waals surface area contributed by atoms with E-state index >= 15 is 0 Å². The van der Waals surface area contributed by atoms with Crippen molar-refractivity contribution in [2.75, 3.05) is 25.0 Å². The van der Waals surface area contributed by atoms with Crippen LogP contribution in [0.3, 0.4) is 0 Å². The predicted octanol–water partition coefficient (Wildman–Crippen LogP) is 3.57. The zero-order valence-corrected chi connectivity index (χ0v) is 14.3. The second-order valence-corrected chi connectivity index (χ2v) is 6.50. The maximum absolute atomic E-state index is 12.7. The van der Waals surface area contributed by atoms with Gasteiger partial charge in [-0.25, -0.2) is 0 Å². The summed E-state index contributed by atoms with van der Waals surface area (Å²) >= 11 is 0. The Morgan fingerprint density at radius 2 is 1.88 bits per heavy atom. The smallest absolute Gasteiger partial charge is 0.257 e. The number of nitrogens with zero attached hydrogens (tertiary/aromatic N) is 2. The molecule has 126 valence electrons. The average molecular weight is 324 g/mol. The molecule has 1 saturated heterocycles. The third-order valence-corrected chi connectivity index (χ3v) is 4.58. The highest BCUT2D eigenvalue weighted by atomic mass is 16.3. The average Bonchev–Trinajstić information content (AvgIpc) is 3.11. The molecule has 0 spiro atoms. The second kappa shape index (κ2) is 6.95. The van der Waals surface area contributed by atoms with Crippen molar-refractivity contribution in [2.24, 2.45) is 0 Å². The first-order chi connectivity index (χ1) is 11.6. The fourth-order valence-corrected chi connectivity index (χ4v) is 3.27. The Morgan fingerprint density at radius 3 is 2.62 bits per heavy atom. The number of phenolic OH excluding ortho intramolecular Hbond substituents is 1. The normalized spacial score (nSPS) is 14.0. The minimum absolute atomic E-state index is 0.0327. The Balaban J connectivity index is 1.81. The number of para-hydroxylation sites is 1. The summed E-state index contributed by atoms with van der Waals surface area (Å²) in [5.41, 5.74) is 3.67. The van der Waals surface area contributed by atoms with Crippen LogP contribution in [0.4, 0.5) is 5.69 Å². The van der Waals surface area contributed by atoms with Crippen LogP contribution >= 0.6 is 0 Å². The number of hydrogen-bond acceptors (Lipinski definition) is 3. The lowest BCUT2D eigenvalue weighted by Crippen LogP contribution is -2.28. The van der Waals surface area contributed by atoms with Crippen LogP contribution in [0, 0.1) is 6.92 Å². The number of carbonyl (C=O) groups excluding carboxylic acids is 1. The minimum atomic E-state index is -0.160. The summed E-state index contributed by atoms with van der Waals surface area (Å²) in [5, 5.41) is 9.99. The Labute approximate surface area is 143 Å². The molecule has 0 unspecified atom stereocenters. The van der Waals surface area contributed by atoms with Gasteiger partial charge in [-0.05, 0) is 43.5 Å². The number of carbonyl (C=O) groups is 1. The number of amides is 1. The highest BCUT2D eigenvalue weighted by Crippen LogP contribution is 2.26. The molecule has 0 aromatic heterocycles. The minimum Gasteiger partial charge on any atom is -0.507 e. The van der Waals surface area contributed by atoms with E-state index in [0.29, 0.717) is 12.1 Å². The number of aromatic hydroxyl groups is 1. The predicted molar refractivity (Wildman–Crippen MR) is 96.5 cm³/mol. The van der Waals surface area contributed by atoms with Gasteiger partial charge < -0.3 is 14.9 Å². The highest BCUT2D eigenvalue weighted by molar-refractivity contribution is 5.96. The van der Waals surface area contributed by atoms with E-state index in [9.17, 15) is 9.90 Å². The Kier molecular flexibility index (Phi) is 4.74. The number of hydrogen-bond donors (Lipinski definition) is 1. The molecule has 0 radical (unpaired) electrons. The van der Waals surface area contributed by atoms with Crippen LogP contribution in [0.25, 0.3) is 0 Å². The molecule has 0 atom stereocenters. The number of benzene rings is 2. The van der Waals surface area contributed by atoms with E-state index in [-0.39, 0.29) is 11.7 Å². The monoisotopic (exact) mass is 324 g/mol. The molecule has 4 heteroatoms. The molecule has 1 aliphatic rings. The zero-order valence-electron chi connectivity index (χ0n) is 14.3. The molecule has 24 heavy (non-hydrogen) atoms. The van der Waals surface area contributed by atoms with Crippen LogP contribution in [-0.2, 0) is 6.54 Å². The van der Waals surface area contributed by atoms with Crippen LogP contribution < -0.4 is 4.90 Å². The molecular formula is C20H24N2O2. The largest absolute Gasteiger partial charge is 0.507 e. The van der Waals surface area contributed by atoms with Gasteiger partial charge in [-0.15, -0.1) is 0 Å². The third-order valence-electron chi connectivity index (χ3n) is 4.58. The van der Waals surface area contributed by atoms with Gasteiger partial charge in [0.25, 0.3) is 5.91 Å². The van der Waals surface area contributed by atoms with Crippen molar-refractivity contribution in [3.8, 4) is 5.75 Å². The third kappa shape index (κ3) is 3.37. The standard InChI is InChI=1S/C20H24N2O2/c1-15-9-10-19(23)17(13-15)20(24)21(2)14-16-7-3-4-8-18(16)22-11-5-6-12-22/h3-4,7-10,13,23H,5-6,11-12,14H2,1-2H3. The van der Waals surface area contributed by atoms with Gasteiger partial charge in [0, 0.05) is 32.4 Å². The van der Waals surface area contributed by atoms with Gasteiger partial charge in [-0.2, -0.15) is 0 Å². The molecule has 1 aliphatic heterocycles. The molecule has 1 fully saturated rings. The maximum atomic E-state index is 12.7. The van der Waals surface area contributed by atoms with Crippen LogP contribution in [0.5, 0.6) is 5.75 Å². The van der Waals surface area contributed by atoms with Crippen molar-refractivity contribution < 1.29 is 9.90 Å². The van der Waals surface area contributed by atoms with E-state index in [4.69, 9.17) is 0 Å². The lowest BCUT2D eigenvalue weighted by atomic mass is 10.1. The fraction of sp³-hybridized carbons (Fsp3) is 0.350. The summed E-state index contributed by atoms with van der Waals surface area (Å²) in [7, 11) is 1.78.